The molecule has 7 N–H and O–H groups in total. The average molecular weight is 431 g/mol. The number of nitrogens with one attached hydrogen (secondary N) is 3. The number of rotatable bonds is 12. The molecule has 0 rings (SSSR count). The molecular formula is C20H38N4O6. The Balaban J connectivity index is 5.51. The highest BCUT2D eigenvalue weighted by Gasteiger charge is 2.35. The minimum absolute atomic E-state index is 0.176. The molecule has 3 amide bonds. The van der Waals surface area contributed by atoms with E-state index in [-0.39, 0.29) is 17.8 Å². The Morgan fingerprint density at radius 1 is 0.767 bits per heavy atom. The van der Waals surface area contributed by atoms with Crippen molar-refractivity contribution in [3.05, 3.63) is 0 Å². The first-order valence-corrected chi connectivity index (χ1v) is 10.3. The van der Waals surface area contributed by atoms with Crippen molar-refractivity contribution in [2.75, 3.05) is 0 Å². The first-order valence-electron chi connectivity index (χ1n) is 10.3. The summed E-state index contributed by atoms with van der Waals surface area (Å²) >= 11 is 0. The van der Waals surface area contributed by atoms with Crippen LogP contribution in [-0.4, -0.2) is 64.2 Å². The van der Waals surface area contributed by atoms with Crippen molar-refractivity contribution in [3.63, 3.8) is 0 Å². The predicted molar refractivity (Wildman–Crippen MR) is 112 cm³/mol. The van der Waals surface area contributed by atoms with Gasteiger partial charge < -0.3 is 31.9 Å². The molecule has 0 bridgehead atoms. The van der Waals surface area contributed by atoms with Crippen LogP contribution in [0.3, 0.4) is 0 Å². The molecule has 10 nitrogen and oxygen atoms in total. The van der Waals surface area contributed by atoms with Crippen LogP contribution < -0.4 is 21.7 Å². The van der Waals surface area contributed by atoms with E-state index < -0.39 is 54.0 Å². The molecule has 0 saturated carbocycles. The average Bonchev–Trinajstić information content (AvgIpc) is 2.65. The van der Waals surface area contributed by atoms with Crippen LogP contribution in [0.25, 0.3) is 0 Å². The van der Waals surface area contributed by atoms with E-state index in [0.29, 0.717) is 6.42 Å². The zero-order chi connectivity index (χ0) is 23.8. The third-order valence-electron chi connectivity index (χ3n) is 5.11. The van der Waals surface area contributed by atoms with Gasteiger partial charge in [-0.2, -0.15) is 0 Å². The van der Waals surface area contributed by atoms with Gasteiger partial charge in [0.2, 0.25) is 17.7 Å². The molecule has 0 heterocycles. The van der Waals surface area contributed by atoms with Crippen LogP contribution in [0.15, 0.2) is 0 Å². The lowest BCUT2D eigenvalue weighted by Crippen LogP contribution is -2.61. The normalized spacial score (nSPS) is 17.4. The van der Waals surface area contributed by atoms with Crippen LogP contribution in [0.2, 0.25) is 0 Å². The maximum atomic E-state index is 12.8. The third-order valence-corrected chi connectivity index (χ3v) is 5.11. The largest absolute Gasteiger partial charge is 0.480 e. The van der Waals surface area contributed by atoms with Crippen molar-refractivity contribution in [2.45, 2.75) is 85.2 Å². The molecule has 174 valence electrons. The molecule has 30 heavy (non-hydrogen) atoms. The second-order valence-corrected chi connectivity index (χ2v) is 8.44. The summed E-state index contributed by atoms with van der Waals surface area (Å²) in [5, 5.41) is 26.7. The van der Waals surface area contributed by atoms with Gasteiger partial charge in [-0.1, -0.05) is 48.0 Å². The van der Waals surface area contributed by atoms with Gasteiger partial charge in [-0.3, -0.25) is 14.4 Å². The van der Waals surface area contributed by atoms with Gasteiger partial charge in [0.15, 0.2) is 0 Å². The Hall–Kier alpha value is -2.20. The SMILES string of the molecule is CCC(C)C(NC(=O)C(NC(=O)C(N)C(C)C)C(C)O)C(=O)NC(C(=O)O)C(C)C. The fourth-order valence-corrected chi connectivity index (χ4v) is 2.66. The van der Waals surface area contributed by atoms with Crippen molar-refractivity contribution in [2.24, 2.45) is 23.5 Å². The Morgan fingerprint density at radius 3 is 1.57 bits per heavy atom. The molecule has 10 heteroatoms. The highest BCUT2D eigenvalue weighted by atomic mass is 16.4. The Bertz CT molecular complexity index is 608. The number of aliphatic hydroxyl groups excluding tert-OH is 1. The standard InChI is InChI=1S/C20H38N4O6/c1-8-11(6)15(18(27)22-14(10(4)5)20(29)30)23-19(28)16(12(7)25)24-17(26)13(21)9(2)3/h9-16,25H,8,21H2,1-7H3,(H,22,27)(H,23,28)(H,24,26)(H,29,30). The molecule has 0 spiro atoms. The number of aliphatic hydroxyl groups is 1. The number of hydrogen-bond acceptors (Lipinski definition) is 6. The highest BCUT2D eigenvalue weighted by Crippen LogP contribution is 2.11. The van der Waals surface area contributed by atoms with Gasteiger partial charge in [0, 0.05) is 0 Å². The lowest BCUT2D eigenvalue weighted by molar-refractivity contribution is -0.144. The summed E-state index contributed by atoms with van der Waals surface area (Å²) in [5.41, 5.74) is 5.79. The van der Waals surface area contributed by atoms with Gasteiger partial charge in [-0.15, -0.1) is 0 Å². The predicted octanol–water partition coefficient (Wildman–Crippen LogP) is -0.408. The first kappa shape index (κ1) is 27.8. The zero-order valence-electron chi connectivity index (χ0n) is 18.9. The van der Waals surface area contributed by atoms with Crippen LogP contribution in [0, 0.1) is 17.8 Å². The van der Waals surface area contributed by atoms with Crippen molar-refractivity contribution in [3.8, 4) is 0 Å². The van der Waals surface area contributed by atoms with Gasteiger partial charge in [0.1, 0.15) is 18.1 Å². The molecular weight excluding hydrogens is 392 g/mol. The minimum atomic E-state index is -1.32. The summed E-state index contributed by atoms with van der Waals surface area (Å²) in [6.07, 6.45) is -0.710. The van der Waals surface area contributed by atoms with Crippen molar-refractivity contribution < 1.29 is 29.4 Å². The number of carboxylic acid groups (broad SMARTS) is 1. The van der Waals surface area contributed by atoms with E-state index in [1.54, 1.807) is 34.6 Å². The smallest absolute Gasteiger partial charge is 0.326 e. The fourth-order valence-electron chi connectivity index (χ4n) is 2.66. The summed E-state index contributed by atoms with van der Waals surface area (Å²) in [4.78, 5) is 49.2. The van der Waals surface area contributed by atoms with E-state index in [4.69, 9.17) is 5.73 Å². The van der Waals surface area contributed by atoms with E-state index in [1.165, 1.54) is 6.92 Å². The third kappa shape index (κ3) is 8.27. The summed E-state index contributed by atoms with van der Waals surface area (Å²) in [6, 6.07) is -4.34. The number of amides is 3. The lowest BCUT2D eigenvalue weighted by Gasteiger charge is -2.29. The van der Waals surface area contributed by atoms with Crippen LogP contribution in [0.4, 0.5) is 0 Å². The van der Waals surface area contributed by atoms with Gasteiger partial charge in [-0.25, -0.2) is 4.79 Å². The molecule has 0 radical (unpaired) electrons. The fraction of sp³-hybridized carbons (Fsp3) is 0.800. The maximum Gasteiger partial charge on any atom is 0.326 e. The molecule has 0 aliphatic carbocycles. The van der Waals surface area contributed by atoms with Gasteiger partial charge in [0.05, 0.1) is 12.1 Å². The van der Waals surface area contributed by atoms with E-state index in [2.05, 4.69) is 16.0 Å². The number of carboxylic acids is 1. The molecule has 0 saturated heterocycles. The Morgan fingerprint density at radius 2 is 1.20 bits per heavy atom. The summed E-state index contributed by atoms with van der Waals surface area (Å²) < 4.78 is 0. The van der Waals surface area contributed by atoms with E-state index >= 15 is 0 Å². The zero-order valence-corrected chi connectivity index (χ0v) is 18.9. The van der Waals surface area contributed by atoms with Gasteiger partial charge in [-0.05, 0) is 24.7 Å². The maximum absolute atomic E-state index is 12.8. The van der Waals surface area contributed by atoms with Gasteiger partial charge in [0.25, 0.3) is 0 Å². The minimum Gasteiger partial charge on any atom is -0.480 e. The van der Waals surface area contributed by atoms with E-state index in [1.807, 2.05) is 6.92 Å². The number of hydrogen-bond donors (Lipinski definition) is 6. The molecule has 6 unspecified atom stereocenters. The second-order valence-electron chi connectivity index (χ2n) is 8.44. The second kappa shape index (κ2) is 12.5. The molecule has 0 aromatic heterocycles. The molecule has 6 atom stereocenters. The Kier molecular flexibility index (Phi) is 11.6. The van der Waals surface area contributed by atoms with Crippen LogP contribution in [-0.2, 0) is 19.2 Å². The van der Waals surface area contributed by atoms with Crippen LogP contribution in [0.5, 0.6) is 0 Å². The van der Waals surface area contributed by atoms with Gasteiger partial charge >= 0.3 is 5.97 Å². The highest BCUT2D eigenvalue weighted by molar-refractivity contribution is 5.94. The number of nitrogens with two attached hydrogens (primary N) is 1. The van der Waals surface area contributed by atoms with Crippen LogP contribution in [0.1, 0.15) is 54.9 Å². The molecule has 0 aliphatic heterocycles. The number of carbonyl (C=O) groups excluding carboxylic acids is 3. The van der Waals surface area contributed by atoms with Crippen molar-refractivity contribution >= 4 is 23.7 Å². The molecule has 0 aromatic carbocycles. The summed E-state index contributed by atoms with van der Waals surface area (Å²) in [6.45, 7) is 11.7. The van der Waals surface area contributed by atoms with E-state index in [0.717, 1.165) is 0 Å². The monoisotopic (exact) mass is 430 g/mol. The summed E-state index contributed by atoms with van der Waals surface area (Å²) in [5.74, 6) is -4.03. The topological polar surface area (TPSA) is 171 Å². The molecule has 0 aromatic rings. The molecule has 0 fully saturated rings. The Labute approximate surface area is 178 Å². The number of aliphatic carboxylic acids is 1. The quantitative estimate of drug-likeness (QED) is 0.244. The van der Waals surface area contributed by atoms with E-state index in [9.17, 15) is 29.4 Å². The van der Waals surface area contributed by atoms with Crippen LogP contribution >= 0.6 is 0 Å². The van der Waals surface area contributed by atoms with Crippen molar-refractivity contribution in [1.29, 1.82) is 0 Å². The van der Waals surface area contributed by atoms with Crippen molar-refractivity contribution in [1.82, 2.24) is 16.0 Å². The first-order chi connectivity index (χ1) is 13.7. The summed E-state index contributed by atoms with van der Waals surface area (Å²) in [7, 11) is 0. The molecule has 0 aliphatic rings. The lowest BCUT2D eigenvalue weighted by atomic mass is 9.96. The number of carbonyl (C=O) groups is 4.